The third kappa shape index (κ3) is 4.25. The lowest BCUT2D eigenvalue weighted by Crippen LogP contribution is -2.27. The van der Waals surface area contributed by atoms with Crippen molar-refractivity contribution in [2.45, 2.75) is 39.2 Å². The van der Waals surface area contributed by atoms with E-state index >= 15 is 0 Å². The van der Waals surface area contributed by atoms with Gasteiger partial charge in [-0.2, -0.15) is 9.97 Å². The highest BCUT2D eigenvalue weighted by Gasteiger charge is 2.19. The molecule has 3 aromatic rings. The van der Waals surface area contributed by atoms with Gasteiger partial charge in [-0.1, -0.05) is 0 Å². The van der Waals surface area contributed by atoms with Crippen molar-refractivity contribution in [3.63, 3.8) is 0 Å². The molecule has 29 heavy (non-hydrogen) atoms. The van der Waals surface area contributed by atoms with E-state index < -0.39 is 0 Å². The molecule has 0 aliphatic carbocycles. The Morgan fingerprint density at radius 1 is 1.24 bits per heavy atom. The predicted octanol–water partition coefficient (Wildman–Crippen LogP) is 2.37. The second-order valence-corrected chi connectivity index (χ2v) is 7.30. The molecule has 0 saturated carbocycles. The second kappa shape index (κ2) is 8.38. The van der Waals surface area contributed by atoms with Crippen molar-refractivity contribution in [1.82, 2.24) is 34.4 Å². The minimum absolute atomic E-state index is 0.218. The van der Waals surface area contributed by atoms with Crippen LogP contribution in [0.25, 0.3) is 11.2 Å². The molecular weight excluding hydrogens is 370 g/mol. The minimum Gasteiger partial charge on any atom is -0.368 e. The van der Waals surface area contributed by atoms with Crippen molar-refractivity contribution in [2.75, 3.05) is 30.3 Å². The van der Waals surface area contributed by atoms with Crippen LogP contribution in [0, 0.1) is 0 Å². The summed E-state index contributed by atoms with van der Waals surface area (Å²) < 4.78 is 2.01. The van der Waals surface area contributed by atoms with Crippen molar-refractivity contribution in [3.05, 3.63) is 24.9 Å². The van der Waals surface area contributed by atoms with Crippen molar-refractivity contribution in [3.8, 4) is 0 Å². The zero-order valence-electron chi connectivity index (χ0n) is 16.7. The number of nitrogens with zero attached hydrogens (tertiary/aromatic N) is 7. The average Bonchev–Trinajstić information content (AvgIpc) is 3.32. The summed E-state index contributed by atoms with van der Waals surface area (Å²) in [6.07, 6.45) is 7.39. The third-order valence-electron chi connectivity index (χ3n) is 4.87. The zero-order chi connectivity index (χ0) is 20.2. The first kappa shape index (κ1) is 19.0. The Bertz CT molecular complexity index is 986. The number of carbonyl (C=O) groups is 1. The quantitative estimate of drug-likeness (QED) is 0.559. The number of carbonyl (C=O) groups excluding carboxylic acids is 1. The maximum atomic E-state index is 11.8. The van der Waals surface area contributed by atoms with Crippen LogP contribution in [0.2, 0.25) is 0 Å². The Labute approximate surface area is 168 Å². The molecule has 10 nitrogen and oxygen atoms in total. The van der Waals surface area contributed by atoms with Crippen LogP contribution in [-0.4, -0.2) is 59.9 Å². The molecule has 0 radical (unpaired) electrons. The number of aromatic nitrogens is 6. The maximum Gasteiger partial charge on any atom is 0.232 e. The molecule has 2 N–H and O–H groups in total. The SMILES string of the molecule is CC(C)n1cnc2c(NCCCN3CCCC3=O)nc(Nc3ccncn3)nc21. The summed E-state index contributed by atoms with van der Waals surface area (Å²) in [7, 11) is 0. The van der Waals surface area contributed by atoms with Crippen LogP contribution in [0.15, 0.2) is 24.9 Å². The second-order valence-electron chi connectivity index (χ2n) is 7.30. The molecule has 0 aromatic carbocycles. The molecular formula is C19H25N9O. The standard InChI is InChI=1S/C19H25N9O/c1-13(2)28-12-23-16-17(21-7-4-10-27-9-3-5-15(27)29)25-19(26-18(16)28)24-14-6-8-20-11-22-14/h6,8,11-13H,3-5,7,9-10H2,1-2H3,(H2,20,21,22,24,25,26). The number of likely N-dealkylation sites (tertiary alicyclic amines) is 1. The number of rotatable bonds is 8. The molecule has 1 aliphatic heterocycles. The van der Waals surface area contributed by atoms with Gasteiger partial charge < -0.3 is 20.1 Å². The normalized spacial score (nSPS) is 14.2. The van der Waals surface area contributed by atoms with Crippen LogP contribution in [0.4, 0.5) is 17.6 Å². The number of fused-ring (bicyclic) bond motifs is 1. The van der Waals surface area contributed by atoms with E-state index in [1.807, 2.05) is 9.47 Å². The molecule has 1 aliphatic rings. The summed E-state index contributed by atoms with van der Waals surface area (Å²) in [6, 6.07) is 1.98. The number of amides is 1. The van der Waals surface area contributed by atoms with Gasteiger partial charge in [-0.15, -0.1) is 0 Å². The van der Waals surface area contributed by atoms with Gasteiger partial charge in [0.1, 0.15) is 12.1 Å². The van der Waals surface area contributed by atoms with Crippen molar-refractivity contribution in [1.29, 1.82) is 0 Å². The average molecular weight is 395 g/mol. The molecule has 1 fully saturated rings. The fraction of sp³-hybridized carbons (Fsp3) is 0.474. The van der Waals surface area contributed by atoms with Crippen molar-refractivity contribution in [2.24, 2.45) is 0 Å². The van der Waals surface area contributed by atoms with Crippen LogP contribution in [0.5, 0.6) is 0 Å². The first-order chi connectivity index (χ1) is 14.1. The van der Waals surface area contributed by atoms with E-state index in [1.54, 1.807) is 18.6 Å². The number of imidazole rings is 1. The van der Waals surface area contributed by atoms with Gasteiger partial charge in [0.2, 0.25) is 11.9 Å². The van der Waals surface area contributed by atoms with E-state index in [0.29, 0.717) is 30.5 Å². The van der Waals surface area contributed by atoms with Crippen molar-refractivity contribution >= 4 is 34.7 Å². The largest absolute Gasteiger partial charge is 0.368 e. The highest BCUT2D eigenvalue weighted by atomic mass is 16.2. The molecule has 0 unspecified atom stereocenters. The summed E-state index contributed by atoms with van der Waals surface area (Å²) in [5.41, 5.74) is 1.48. The van der Waals surface area contributed by atoms with Crippen LogP contribution >= 0.6 is 0 Å². The van der Waals surface area contributed by atoms with Gasteiger partial charge in [-0.25, -0.2) is 15.0 Å². The third-order valence-corrected chi connectivity index (χ3v) is 4.87. The van der Waals surface area contributed by atoms with Gasteiger partial charge in [-0.3, -0.25) is 4.79 Å². The molecule has 4 heterocycles. The van der Waals surface area contributed by atoms with E-state index in [4.69, 9.17) is 0 Å². The fourth-order valence-corrected chi connectivity index (χ4v) is 3.37. The lowest BCUT2D eigenvalue weighted by atomic mass is 10.3. The topological polar surface area (TPSA) is 114 Å². The van der Waals surface area contributed by atoms with Gasteiger partial charge in [0.25, 0.3) is 0 Å². The molecule has 1 saturated heterocycles. The first-order valence-corrected chi connectivity index (χ1v) is 9.91. The highest BCUT2D eigenvalue weighted by molar-refractivity contribution is 5.84. The fourth-order valence-electron chi connectivity index (χ4n) is 3.37. The zero-order valence-corrected chi connectivity index (χ0v) is 16.7. The smallest absolute Gasteiger partial charge is 0.232 e. The number of nitrogens with one attached hydrogen (secondary N) is 2. The Morgan fingerprint density at radius 2 is 2.14 bits per heavy atom. The summed E-state index contributed by atoms with van der Waals surface area (Å²) in [6.45, 7) is 6.48. The summed E-state index contributed by atoms with van der Waals surface area (Å²) in [4.78, 5) is 35.5. The van der Waals surface area contributed by atoms with Gasteiger partial charge >= 0.3 is 0 Å². The molecule has 152 valence electrons. The van der Waals surface area contributed by atoms with E-state index in [1.165, 1.54) is 6.33 Å². The van der Waals surface area contributed by atoms with Gasteiger partial charge in [-0.05, 0) is 32.8 Å². The Balaban J connectivity index is 1.53. The summed E-state index contributed by atoms with van der Waals surface area (Å²) in [5, 5.41) is 6.49. The Morgan fingerprint density at radius 3 is 2.86 bits per heavy atom. The number of hydrogen-bond donors (Lipinski definition) is 2. The molecule has 0 atom stereocenters. The highest BCUT2D eigenvalue weighted by Crippen LogP contribution is 2.24. The molecule has 3 aromatic heterocycles. The molecule has 4 rings (SSSR count). The number of hydrogen-bond acceptors (Lipinski definition) is 8. The van der Waals surface area contributed by atoms with E-state index in [2.05, 4.69) is 49.4 Å². The molecule has 10 heteroatoms. The Hall–Kier alpha value is -3.30. The van der Waals surface area contributed by atoms with E-state index in [-0.39, 0.29) is 11.9 Å². The first-order valence-electron chi connectivity index (χ1n) is 9.91. The maximum absolute atomic E-state index is 11.8. The monoisotopic (exact) mass is 395 g/mol. The molecule has 1 amide bonds. The van der Waals surface area contributed by atoms with Gasteiger partial charge in [0, 0.05) is 38.3 Å². The summed E-state index contributed by atoms with van der Waals surface area (Å²) in [5.74, 6) is 1.98. The lowest BCUT2D eigenvalue weighted by Gasteiger charge is -2.16. The molecule has 0 spiro atoms. The summed E-state index contributed by atoms with van der Waals surface area (Å²) >= 11 is 0. The predicted molar refractivity (Wildman–Crippen MR) is 110 cm³/mol. The van der Waals surface area contributed by atoms with Crippen LogP contribution in [-0.2, 0) is 4.79 Å². The van der Waals surface area contributed by atoms with Crippen molar-refractivity contribution < 1.29 is 4.79 Å². The number of anilines is 3. The minimum atomic E-state index is 0.218. The molecule has 0 bridgehead atoms. The van der Waals surface area contributed by atoms with Crippen LogP contribution < -0.4 is 10.6 Å². The lowest BCUT2D eigenvalue weighted by molar-refractivity contribution is -0.127. The Kier molecular flexibility index (Phi) is 5.50. The van der Waals surface area contributed by atoms with E-state index in [9.17, 15) is 4.79 Å². The van der Waals surface area contributed by atoms with Crippen LogP contribution in [0.3, 0.4) is 0 Å². The van der Waals surface area contributed by atoms with Gasteiger partial charge in [0.05, 0.1) is 6.33 Å². The van der Waals surface area contributed by atoms with Crippen LogP contribution in [0.1, 0.15) is 39.2 Å². The van der Waals surface area contributed by atoms with E-state index in [0.717, 1.165) is 37.1 Å². The van der Waals surface area contributed by atoms with Gasteiger partial charge in [0.15, 0.2) is 17.0 Å².